The number of aromatic nitrogens is 3. The lowest BCUT2D eigenvalue weighted by Gasteiger charge is -2.19. The van der Waals surface area contributed by atoms with Crippen molar-refractivity contribution in [1.82, 2.24) is 14.6 Å². The van der Waals surface area contributed by atoms with E-state index in [0.29, 0.717) is 5.75 Å². The molecule has 6 heteroatoms. The fraction of sp³-hybridized carbons (Fsp3) is 0.400. The van der Waals surface area contributed by atoms with Crippen LogP contribution in [-0.4, -0.2) is 37.6 Å². The van der Waals surface area contributed by atoms with Crippen LogP contribution < -0.4 is 5.73 Å². The number of aliphatic hydroxyl groups excluding tert-OH is 1. The first-order valence-corrected chi connectivity index (χ1v) is 5.93. The minimum atomic E-state index is -0.592. The van der Waals surface area contributed by atoms with Gasteiger partial charge in [0.1, 0.15) is 0 Å². The smallest absolute Gasteiger partial charge is 0.195 e. The van der Waals surface area contributed by atoms with Crippen LogP contribution in [0.15, 0.2) is 29.6 Å². The van der Waals surface area contributed by atoms with Crippen LogP contribution in [0.25, 0.3) is 5.65 Å². The second kappa shape index (κ2) is 4.40. The van der Waals surface area contributed by atoms with Gasteiger partial charge in [0, 0.05) is 17.5 Å². The van der Waals surface area contributed by atoms with Crippen LogP contribution in [0.4, 0.5) is 0 Å². The van der Waals surface area contributed by atoms with Crippen LogP contribution in [0.3, 0.4) is 0 Å². The Morgan fingerprint density at radius 3 is 3.06 bits per heavy atom. The molecule has 0 aliphatic heterocycles. The summed E-state index contributed by atoms with van der Waals surface area (Å²) >= 11 is 1.49. The summed E-state index contributed by atoms with van der Waals surface area (Å²) in [5, 5.41) is 18.0. The van der Waals surface area contributed by atoms with Gasteiger partial charge in [-0.1, -0.05) is 17.8 Å². The van der Waals surface area contributed by atoms with Crippen LogP contribution >= 0.6 is 11.8 Å². The predicted molar refractivity (Wildman–Crippen MR) is 63.4 cm³/mol. The molecule has 0 radical (unpaired) electrons. The molecule has 0 aromatic carbocycles. The number of aliphatic hydroxyl groups is 1. The van der Waals surface area contributed by atoms with Gasteiger partial charge >= 0.3 is 0 Å². The third-order valence-corrected chi connectivity index (χ3v) is 3.52. The molecule has 1 atom stereocenters. The molecule has 0 aliphatic carbocycles. The van der Waals surface area contributed by atoms with Gasteiger partial charge in [0.05, 0.1) is 6.61 Å². The van der Waals surface area contributed by atoms with E-state index in [4.69, 9.17) is 10.8 Å². The lowest BCUT2D eigenvalue weighted by molar-refractivity contribution is 0.224. The summed E-state index contributed by atoms with van der Waals surface area (Å²) in [7, 11) is 0. The summed E-state index contributed by atoms with van der Waals surface area (Å²) in [5.41, 5.74) is 6.07. The molecule has 0 aliphatic rings. The molecule has 0 saturated carbocycles. The van der Waals surface area contributed by atoms with Gasteiger partial charge in [-0.05, 0) is 19.1 Å². The largest absolute Gasteiger partial charge is 0.394 e. The van der Waals surface area contributed by atoms with Crippen LogP contribution in [0.2, 0.25) is 0 Å². The number of rotatable bonds is 4. The maximum Gasteiger partial charge on any atom is 0.195 e. The van der Waals surface area contributed by atoms with Gasteiger partial charge in [-0.3, -0.25) is 4.40 Å². The molecule has 2 rings (SSSR count). The van der Waals surface area contributed by atoms with Gasteiger partial charge in [0.2, 0.25) is 0 Å². The van der Waals surface area contributed by atoms with Gasteiger partial charge in [0.15, 0.2) is 10.8 Å². The second-order valence-electron chi connectivity index (χ2n) is 4.01. The summed E-state index contributed by atoms with van der Waals surface area (Å²) < 4.78 is 1.90. The van der Waals surface area contributed by atoms with E-state index in [-0.39, 0.29) is 6.61 Å². The average molecular weight is 238 g/mol. The Morgan fingerprint density at radius 1 is 1.50 bits per heavy atom. The summed E-state index contributed by atoms with van der Waals surface area (Å²) in [6, 6.07) is 5.73. The molecule has 3 N–H and O–H groups in total. The van der Waals surface area contributed by atoms with Gasteiger partial charge in [-0.2, -0.15) is 0 Å². The molecule has 0 amide bonds. The number of hydrogen-bond donors (Lipinski definition) is 2. The zero-order valence-corrected chi connectivity index (χ0v) is 9.81. The van der Waals surface area contributed by atoms with Crippen molar-refractivity contribution in [3.8, 4) is 0 Å². The number of hydrogen-bond acceptors (Lipinski definition) is 5. The van der Waals surface area contributed by atoms with Crippen molar-refractivity contribution < 1.29 is 5.11 Å². The van der Waals surface area contributed by atoms with Gasteiger partial charge in [-0.25, -0.2) is 0 Å². The number of nitrogens with two attached hydrogens (primary N) is 1. The molecule has 5 nitrogen and oxygen atoms in total. The van der Waals surface area contributed by atoms with Crippen LogP contribution in [0.5, 0.6) is 0 Å². The van der Waals surface area contributed by atoms with Crippen LogP contribution in [0.1, 0.15) is 6.92 Å². The Morgan fingerprint density at radius 2 is 2.31 bits per heavy atom. The van der Waals surface area contributed by atoms with Crippen molar-refractivity contribution in [3.63, 3.8) is 0 Å². The molecular weight excluding hydrogens is 224 g/mol. The number of pyridine rings is 1. The van der Waals surface area contributed by atoms with E-state index in [9.17, 15) is 0 Å². The minimum absolute atomic E-state index is 0.0449. The highest BCUT2D eigenvalue weighted by Crippen LogP contribution is 2.20. The molecule has 0 fully saturated rings. The zero-order chi connectivity index (χ0) is 11.6. The van der Waals surface area contributed by atoms with Gasteiger partial charge in [0.25, 0.3) is 0 Å². The third-order valence-electron chi connectivity index (χ3n) is 2.17. The topological polar surface area (TPSA) is 76.4 Å². The quantitative estimate of drug-likeness (QED) is 0.760. The van der Waals surface area contributed by atoms with Crippen molar-refractivity contribution in [2.24, 2.45) is 5.73 Å². The second-order valence-corrected chi connectivity index (χ2v) is 4.95. The monoisotopic (exact) mass is 238 g/mol. The van der Waals surface area contributed by atoms with Gasteiger partial charge < -0.3 is 10.8 Å². The van der Waals surface area contributed by atoms with E-state index in [2.05, 4.69) is 10.2 Å². The van der Waals surface area contributed by atoms with Crippen molar-refractivity contribution in [2.45, 2.75) is 17.6 Å². The maximum atomic E-state index is 9.05. The highest BCUT2D eigenvalue weighted by molar-refractivity contribution is 7.99. The van der Waals surface area contributed by atoms with E-state index in [0.717, 1.165) is 10.8 Å². The van der Waals surface area contributed by atoms with Crippen molar-refractivity contribution in [2.75, 3.05) is 12.4 Å². The van der Waals surface area contributed by atoms with E-state index in [1.165, 1.54) is 11.8 Å². The zero-order valence-electron chi connectivity index (χ0n) is 9.00. The summed E-state index contributed by atoms with van der Waals surface area (Å²) in [6.07, 6.45) is 1.91. The Bertz CT molecular complexity index is 482. The minimum Gasteiger partial charge on any atom is -0.394 e. The van der Waals surface area contributed by atoms with E-state index in [1.807, 2.05) is 35.7 Å². The molecule has 2 heterocycles. The Hall–Kier alpha value is -1.11. The molecular formula is C10H14N4OS. The molecule has 16 heavy (non-hydrogen) atoms. The van der Waals surface area contributed by atoms with Gasteiger partial charge in [-0.15, -0.1) is 10.2 Å². The summed E-state index contributed by atoms with van der Waals surface area (Å²) in [6.45, 7) is 1.76. The molecule has 2 aromatic rings. The highest BCUT2D eigenvalue weighted by Gasteiger charge is 2.18. The van der Waals surface area contributed by atoms with E-state index in [1.54, 1.807) is 0 Å². The van der Waals surface area contributed by atoms with Crippen molar-refractivity contribution in [3.05, 3.63) is 24.4 Å². The lowest BCUT2D eigenvalue weighted by atomic mass is 10.1. The molecule has 2 aromatic heterocycles. The number of thioether (sulfide) groups is 1. The Labute approximate surface area is 97.7 Å². The van der Waals surface area contributed by atoms with E-state index < -0.39 is 5.54 Å². The Balaban J connectivity index is 2.16. The molecule has 1 unspecified atom stereocenters. The molecule has 0 spiro atoms. The normalized spacial score (nSPS) is 15.2. The van der Waals surface area contributed by atoms with E-state index >= 15 is 0 Å². The molecule has 0 bridgehead atoms. The molecule has 86 valence electrons. The summed E-state index contributed by atoms with van der Waals surface area (Å²) in [4.78, 5) is 0. The standard InChI is InChI=1S/C10H14N4OS/c1-10(11,6-15)7-16-9-13-12-8-4-2-3-5-14(8)9/h2-5,15H,6-7,11H2,1H3. The average Bonchev–Trinajstić information content (AvgIpc) is 2.70. The Kier molecular flexibility index (Phi) is 3.13. The van der Waals surface area contributed by atoms with Crippen LogP contribution in [0, 0.1) is 0 Å². The third kappa shape index (κ3) is 2.34. The lowest BCUT2D eigenvalue weighted by Crippen LogP contribution is -2.42. The first-order chi connectivity index (χ1) is 7.62. The van der Waals surface area contributed by atoms with Crippen molar-refractivity contribution >= 4 is 17.4 Å². The predicted octanol–water partition coefficient (Wildman–Crippen LogP) is 0.531. The summed E-state index contributed by atoms with van der Waals surface area (Å²) in [5.74, 6) is 0.596. The number of nitrogens with zero attached hydrogens (tertiary/aromatic N) is 3. The first-order valence-electron chi connectivity index (χ1n) is 4.95. The molecule has 0 saturated heterocycles. The van der Waals surface area contributed by atoms with Crippen molar-refractivity contribution in [1.29, 1.82) is 0 Å². The highest BCUT2D eigenvalue weighted by atomic mass is 32.2. The SMILES string of the molecule is CC(N)(CO)CSc1nnc2ccccn12. The fourth-order valence-corrected chi connectivity index (χ4v) is 2.14. The van der Waals surface area contributed by atoms with Crippen LogP contribution in [-0.2, 0) is 0 Å². The fourth-order valence-electron chi connectivity index (χ4n) is 1.19. The number of fused-ring (bicyclic) bond motifs is 1. The first kappa shape index (κ1) is 11.4. The maximum absolute atomic E-state index is 9.05.